The molecule has 4 rings (SSSR count). The summed E-state index contributed by atoms with van der Waals surface area (Å²) >= 11 is 12.2. The van der Waals surface area contributed by atoms with Gasteiger partial charge in [0.1, 0.15) is 5.75 Å². The molecule has 1 aliphatic heterocycles. The van der Waals surface area contributed by atoms with E-state index in [9.17, 15) is 18.3 Å². The van der Waals surface area contributed by atoms with Gasteiger partial charge in [0.25, 0.3) is 5.91 Å². The number of nitrogens with zero attached hydrogens (tertiary/aromatic N) is 1. The van der Waals surface area contributed by atoms with Crippen LogP contribution in [0.3, 0.4) is 0 Å². The van der Waals surface area contributed by atoms with Crippen molar-refractivity contribution in [2.45, 2.75) is 57.9 Å². The van der Waals surface area contributed by atoms with Crippen LogP contribution < -0.4 is 19.7 Å². The predicted molar refractivity (Wildman–Crippen MR) is 168 cm³/mol. The zero-order chi connectivity index (χ0) is 30.3. The Morgan fingerprint density at radius 2 is 1.71 bits per heavy atom. The molecule has 0 bridgehead atoms. The van der Waals surface area contributed by atoms with E-state index in [1.807, 2.05) is 44.2 Å². The molecule has 0 radical (unpaired) electrons. The molecular formula is C31H37Cl2N3O5S. The van der Waals surface area contributed by atoms with Crippen LogP contribution in [0.5, 0.6) is 5.75 Å². The minimum Gasteiger partial charge on any atom is -0.491 e. The molecule has 0 aromatic heterocycles. The lowest BCUT2D eigenvalue weighted by atomic mass is 10.00. The smallest absolute Gasteiger partial charge is 0.251 e. The van der Waals surface area contributed by atoms with Gasteiger partial charge in [-0.05, 0) is 74.6 Å². The second-order valence-electron chi connectivity index (χ2n) is 10.7. The molecule has 42 heavy (non-hydrogen) atoms. The van der Waals surface area contributed by atoms with E-state index in [-0.39, 0.29) is 24.0 Å². The Morgan fingerprint density at radius 1 is 1.00 bits per heavy atom. The van der Waals surface area contributed by atoms with Gasteiger partial charge in [0.15, 0.2) is 0 Å². The van der Waals surface area contributed by atoms with E-state index in [0.717, 1.165) is 17.5 Å². The molecule has 0 saturated carbocycles. The number of nitrogens with one attached hydrogen (secondary N) is 2. The van der Waals surface area contributed by atoms with Crippen LogP contribution in [0.15, 0.2) is 66.7 Å². The number of sulfonamides is 1. The third kappa shape index (κ3) is 9.09. The molecule has 226 valence electrons. The zero-order valence-corrected chi connectivity index (χ0v) is 26.1. The summed E-state index contributed by atoms with van der Waals surface area (Å²) in [6.45, 7) is 4.68. The van der Waals surface area contributed by atoms with Gasteiger partial charge in [0.05, 0.1) is 29.7 Å². The molecule has 3 aromatic carbocycles. The molecule has 0 aliphatic carbocycles. The summed E-state index contributed by atoms with van der Waals surface area (Å²) in [5, 5.41) is 18.5. The molecule has 1 fully saturated rings. The molecule has 1 amide bonds. The van der Waals surface area contributed by atoms with Crippen LogP contribution in [0, 0.1) is 0 Å². The van der Waals surface area contributed by atoms with Crippen molar-refractivity contribution in [1.29, 1.82) is 0 Å². The summed E-state index contributed by atoms with van der Waals surface area (Å²) in [6.07, 6.45) is 0.596. The summed E-state index contributed by atoms with van der Waals surface area (Å²) in [7, 11) is -3.50. The summed E-state index contributed by atoms with van der Waals surface area (Å²) in [4.78, 5) is 13.7. The number of hydrogen-bond donors (Lipinski definition) is 3. The SMILES string of the molecule is CC(C)Oc1cc(C(=O)N[C@@H](Cc2ccccc2)[C@H](O)CNCc2cc(Cl)cc(Cl)c2)cc(N2CCCCS2(=O)=O)c1. The first-order chi connectivity index (χ1) is 20.0. The number of ether oxygens (including phenoxy) is 1. The Kier molecular flexibility index (Phi) is 11.1. The molecule has 0 spiro atoms. The number of hydrogen-bond acceptors (Lipinski definition) is 6. The van der Waals surface area contributed by atoms with Crippen molar-refractivity contribution in [2.24, 2.45) is 0 Å². The van der Waals surface area contributed by atoms with Crippen molar-refractivity contribution in [3.05, 3.63) is 93.5 Å². The molecule has 8 nitrogen and oxygen atoms in total. The number of benzene rings is 3. The van der Waals surface area contributed by atoms with Crippen LogP contribution >= 0.6 is 23.2 Å². The number of rotatable bonds is 12. The minimum atomic E-state index is -3.50. The van der Waals surface area contributed by atoms with E-state index in [1.165, 1.54) is 4.31 Å². The van der Waals surface area contributed by atoms with Crippen LogP contribution in [0.25, 0.3) is 0 Å². The molecule has 11 heteroatoms. The van der Waals surface area contributed by atoms with Gasteiger partial charge in [-0.2, -0.15) is 0 Å². The van der Waals surface area contributed by atoms with Crippen molar-refractivity contribution in [3.8, 4) is 5.75 Å². The Bertz CT molecular complexity index is 1450. The van der Waals surface area contributed by atoms with Gasteiger partial charge >= 0.3 is 0 Å². The van der Waals surface area contributed by atoms with Crippen LogP contribution in [0.2, 0.25) is 10.0 Å². The Morgan fingerprint density at radius 3 is 2.38 bits per heavy atom. The quantitative estimate of drug-likeness (QED) is 0.253. The van der Waals surface area contributed by atoms with Crippen molar-refractivity contribution < 1.29 is 23.1 Å². The van der Waals surface area contributed by atoms with Crippen LogP contribution in [-0.4, -0.2) is 56.5 Å². The summed E-state index contributed by atoms with van der Waals surface area (Å²) < 4.78 is 32.9. The number of amides is 1. The van der Waals surface area contributed by atoms with E-state index >= 15 is 0 Å². The molecule has 1 aliphatic rings. The van der Waals surface area contributed by atoms with Crippen molar-refractivity contribution in [1.82, 2.24) is 10.6 Å². The Balaban J connectivity index is 1.55. The first-order valence-corrected chi connectivity index (χ1v) is 16.4. The van der Waals surface area contributed by atoms with Gasteiger partial charge in [-0.25, -0.2) is 8.42 Å². The van der Waals surface area contributed by atoms with Crippen molar-refractivity contribution in [2.75, 3.05) is 23.1 Å². The standard InChI is InChI=1S/C31H37Cl2N3O5S/c1-21(2)41-28-16-24(15-27(18-28)36-10-6-7-11-42(36,39)40)31(38)35-29(14-22-8-4-3-5-9-22)30(37)20-34-19-23-12-25(32)17-26(33)13-23/h3-5,8-9,12-13,15-18,21,29-30,34,37H,6-7,10-11,14,19-20H2,1-2H3,(H,35,38)/t29-,30+/m0/s1. The second-order valence-corrected chi connectivity index (χ2v) is 13.6. The number of carbonyl (C=O) groups excluding carboxylic acids is 1. The molecule has 1 heterocycles. The molecule has 0 unspecified atom stereocenters. The highest BCUT2D eigenvalue weighted by Gasteiger charge is 2.28. The number of anilines is 1. The fourth-order valence-corrected chi connectivity index (χ4v) is 7.09. The van der Waals surface area contributed by atoms with E-state index in [1.54, 1.807) is 36.4 Å². The summed E-state index contributed by atoms with van der Waals surface area (Å²) in [5.41, 5.74) is 2.45. The first-order valence-electron chi connectivity index (χ1n) is 14.0. The Hall–Kier alpha value is -2.82. The number of carbonyl (C=O) groups is 1. The van der Waals surface area contributed by atoms with Crippen LogP contribution in [-0.2, 0) is 23.0 Å². The highest BCUT2D eigenvalue weighted by atomic mass is 35.5. The number of halogens is 2. The average Bonchev–Trinajstić information content (AvgIpc) is 2.92. The van der Waals surface area contributed by atoms with Gasteiger partial charge in [-0.3, -0.25) is 9.10 Å². The van der Waals surface area contributed by atoms with Crippen LogP contribution in [0.1, 0.15) is 48.2 Å². The number of aliphatic hydroxyl groups is 1. The van der Waals surface area contributed by atoms with E-state index < -0.39 is 28.1 Å². The molecular weight excluding hydrogens is 597 g/mol. The highest BCUT2D eigenvalue weighted by Crippen LogP contribution is 2.30. The summed E-state index contributed by atoms with van der Waals surface area (Å²) in [5.74, 6) is 0.0145. The minimum absolute atomic E-state index is 0.0591. The second kappa shape index (κ2) is 14.6. The molecule has 1 saturated heterocycles. The summed E-state index contributed by atoms with van der Waals surface area (Å²) in [6, 6.07) is 19.0. The van der Waals surface area contributed by atoms with Gasteiger partial charge in [-0.15, -0.1) is 0 Å². The predicted octanol–water partition coefficient (Wildman–Crippen LogP) is 5.20. The molecule has 3 aromatic rings. The maximum absolute atomic E-state index is 13.7. The maximum atomic E-state index is 13.7. The highest BCUT2D eigenvalue weighted by molar-refractivity contribution is 7.92. The maximum Gasteiger partial charge on any atom is 0.251 e. The third-order valence-electron chi connectivity index (χ3n) is 6.85. The topological polar surface area (TPSA) is 108 Å². The average molecular weight is 635 g/mol. The van der Waals surface area contributed by atoms with Gasteiger partial charge in [0, 0.05) is 41.3 Å². The lowest BCUT2D eigenvalue weighted by Gasteiger charge is -2.29. The van der Waals surface area contributed by atoms with E-state index in [0.29, 0.717) is 47.4 Å². The van der Waals surface area contributed by atoms with Crippen LogP contribution in [0.4, 0.5) is 5.69 Å². The van der Waals surface area contributed by atoms with Gasteiger partial charge in [0.2, 0.25) is 10.0 Å². The fourth-order valence-electron chi connectivity index (χ4n) is 4.90. The lowest BCUT2D eigenvalue weighted by molar-refractivity contribution is 0.0829. The zero-order valence-electron chi connectivity index (χ0n) is 23.7. The lowest BCUT2D eigenvalue weighted by Crippen LogP contribution is -2.48. The van der Waals surface area contributed by atoms with E-state index in [2.05, 4.69) is 10.6 Å². The molecule has 2 atom stereocenters. The number of aliphatic hydroxyl groups excluding tert-OH is 1. The first kappa shape index (κ1) is 32.1. The Labute approximate surface area is 258 Å². The monoisotopic (exact) mass is 633 g/mol. The van der Waals surface area contributed by atoms with Crippen molar-refractivity contribution in [3.63, 3.8) is 0 Å². The normalized spacial score (nSPS) is 16.2. The largest absolute Gasteiger partial charge is 0.491 e. The van der Waals surface area contributed by atoms with Gasteiger partial charge < -0.3 is 20.5 Å². The fraction of sp³-hybridized carbons (Fsp3) is 0.387. The third-order valence-corrected chi connectivity index (χ3v) is 9.15. The van der Waals surface area contributed by atoms with E-state index in [4.69, 9.17) is 27.9 Å². The molecule has 3 N–H and O–H groups in total. The van der Waals surface area contributed by atoms with Gasteiger partial charge in [-0.1, -0.05) is 53.5 Å². The van der Waals surface area contributed by atoms with Crippen molar-refractivity contribution >= 4 is 44.8 Å².